The standard InChI is InChI=1S/C5H4N2O.C2H4O2/c8-5-1-2-6-3-4-7-5;1-2(3)4/h1-4H;1H3,(H,3,4). The van der Waals surface area contributed by atoms with Crippen LogP contribution in [0.1, 0.15) is 6.92 Å². The maximum Gasteiger partial charge on any atom is 0.300 e. The predicted molar refractivity (Wildman–Crippen MR) is 41.6 cm³/mol. The Hall–Kier alpha value is -1.78. The minimum Gasteiger partial charge on any atom is -0.481 e. The molecule has 1 heterocycles. The Kier molecular flexibility index (Phi) is 5.08. The summed E-state index contributed by atoms with van der Waals surface area (Å²) in [6.07, 6.45) is 4.24. The maximum absolute atomic E-state index is 10.3. The van der Waals surface area contributed by atoms with Crippen LogP contribution in [0.3, 0.4) is 0 Å². The summed E-state index contributed by atoms with van der Waals surface area (Å²) in [7, 11) is 0. The zero-order valence-electron chi connectivity index (χ0n) is 6.47. The summed E-state index contributed by atoms with van der Waals surface area (Å²) in [6.45, 7) is 1.08. The number of hydrogen-bond donors (Lipinski definition) is 1. The van der Waals surface area contributed by atoms with Gasteiger partial charge < -0.3 is 5.11 Å². The van der Waals surface area contributed by atoms with E-state index in [1.54, 1.807) is 0 Å². The molecule has 0 aliphatic heterocycles. The van der Waals surface area contributed by atoms with Gasteiger partial charge in [-0.15, -0.1) is 0 Å². The van der Waals surface area contributed by atoms with Gasteiger partial charge in [0.2, 0.25) is 0 Å². The molecule has 1 aromatic rings. The summed E-state index contributed by atoms with van der Waals surface area (Å²) >= 11 is 0. The second-order valence-corrected chi connectivity index (χ2v) is 1.75. The van der Waals surface area contributed by atoms with Crippen LogP contribution in [0.25, 0.3) is 0 Å². The van der Waals surface area contributed by atoms with Crippen molar-refractivity contribution in [1.29, 1.82) is 0 Å². The highest BCUT2D eigenvalue weighted by atomic mass is 16.4. The molecule has 0 aliphatic carbocycles. The third kappa shape index (κ3) is 8.22. The van der Waals surface area contributed by atoms with E-state index in [1.807, 2.05) is 0 Å². The van der Waals surface area contributed by atoms with Crippen molar-refractivity contribution in [2.45, 2.75) is 6.92 Å². The van der Waals surface area contributed by atoms with Gasteiger partial charge in [0.15, 0.2) is 0 Å². The lowest BCUT2D eigenvalue weighted by atomic mass is 10.7. The van der Waals surface area contributed by atoms with E-state index in [2.05, 4.69) is 9.97 Å². The minimum absolute atomic E-state index is 0.262. The molecule has 0 bridgehead atoms. The Morgan fingerprint density at radius 2 is 2.00 bits per heavy atom. The van der Waals surface area contributed by atoms with Crippen molar-refractivity contribution in [2.75, 3.05) is 0 Å². The summed E-state index contributed by atoms with van der Waals surface area (Å²) in [6, 6.07) is 1.31. The van der Waals surface area contributed by atoms with Gasteiger partial charge in [-0.25, -0.2) is 4.98 Å². The third-order valence-corrected chi connectivity index (χ3v) is 0.658. The first kappa shape index (κ1) is 10.2. The lowest BCUT2D eigenvalue weighted by Crippen LogP contribution is -1.95. The molecule has 0 spiro atoms. The third-order valence-electron chi connectivity index (χ3n) is 0.658. The Morgan fingerprint density at radius 1 is 1.42 bits per heavy atom. The van der Waals surface area contributed by atoms with Crippen LogP contribution in [0.4, 0.5) is 0 Å². The number of hydrogen-bond acceptors (Lipinski definition) is 4. The molecule has 0 fully saturated rings. The van der Waals surface area contributed by atoms with Gasteiger partial charge in [-0.05, 0) is 0 Å². The van der Waals surface area contributed by atoms with Crippen molar-refractivity contribution in [1.82, 2.24) is 9.97 Å². The summed E-state index contributed by atoms with van der Waals surface area (Å²) < 4.78 is 0. The highest BCUT2D eigenvalue weighted by molar-refractivity contribution is 5.62. The average molecular weight is 168 g/mol. The molecule has 5 nitrogen and oxygen atoms in total. The topological polar surface area (TPSA) is 80.1 Å². The van der Waals surface area contributed by atoms with E-state index >= 15 is 0 Å². The number of aromatic nitrogens is 2. The summed E-state index contributed by atoms with van der Waals surface area (Å²) in [5.41, 5.74) is -0.262. The van der Waals surface area contributed by atoms with Gasteiger partial charge in [-0.3, -0.25) is 14.6 Å². The molecule has 5 heteroatoms. The first-order valence-electron chi connectivity index (χ1n) is 3.09. The van der Waals surface area contributed by atoms with Crippen LogP contribution in [0.5, 0.6) is 0 Å². The molecule has 0 saturated carbocycles. The summed E-state index contributed by atoms with van der Waals surface area (Å²) in [4.78, 5) is 26.4. The van der Waals surface area contributed by atoms with Crippen molar-refractivity contribution in [2.24, 2.45) is 0 Å². The van der Waals surface area contributed by atoms with E-state index in [0.717, 1.165) is 6.92 Å². The second-order valence-electron chi connectivity index (χ2n) is 1.75. The monoisotopic (exact) mass is 168 g/mol. The van der Waals surface area contributed by atoms with E-state index in [1.165, 1.54) is 24.7 Å². The first-order chi connectivity index (χ1) is 5.63. The van der Waals surface area contributed by atoms with E-state index in [4.69, 9.17) is 9.90 Å². The Morgan fingerprint density at radius 3 is 2.58 bits per heavy atom. The smallest absolute Gasteiger partial charge is 0.300 e. The number of carboxylic acids is 1. The van der Waals surface area contributed by atoms with Crippen molar-refractivity contribution in [3.05, 3.63) is 35.0 Å². The van der Waals surface area contributed by atoms with Crippen molar-refractivity contribution < 1.29 is 9.90 Å². The average Bonchev–Trinajstić information content (AvgIpc) is 2.14. The molecule has 0 saturated heterocycles. The van der Waals surface area contributed by atoms with Crippen LogP contribution in [0, 0.1) is 0 Å². The maximum atomic E-state index is 10.3. The lowest BCUT2D eigenvalue weighted by Gasteiger charge is -1.59. The predicted octanol–water partition coefficient (Wildman–Crippen LogP) is -0.0723. The summed E-state index contributed by atoms with van der Waals surface area (Å²) in [5, 5.41) is 7.42. The van der Waals surface area contributed by atoms with Crippen LogP contribution < -0.4 is 5.56 Å². The van der Waals surface area contributed by atoms with E-state index in [9.17, 15) is 4.79 Å². The van der Waals surface area contributed by atoms with Gasteiger partial charge in [0.05, 0.1) is 0 Å². The SMILES string of the molecule is CC(=O)O.O=c1ccnccn1. The lowest BCUT2D eigenvalue weighted by molar-refractivity contribution is -0.134. The van der Waals surface area contributed by atoms with Crippen LogP contribution >= 0.6 is 0 Å². The highest BCUT2D eigenvalue weighted by Gasteiger charge is 1.71. The van der Waals surface area contributed by atoms with E-state index < -0.39 is 5.97 Å². The number of nitrogens with zero attached hydrogens (tertiary/aromatic N) is 2. The number of rotatable bonds is 0. The number of aliphatic carboxylic acids is 1. The van der Waals surface area contributed by atoms with Crippen molar-refractivity contribution in [3.63, 3.8) is 0 Å². The molecule has 1 rings (SSSR count). The molecule has 0 radical (unpaired) electrons. The van der Waals surface area contributed by atoms with Gasteiger partial charge in [0, 0.05) is 31.6 Å². The molecule has 12 heavy (non-hydrogen) atoms. The normalized spacial score (nSPS) is 7.75. The Balaban J connectivity index is 0.000000261. The minimum atomic E-state index is -0.833. The van der Waals surface area contributed by atoms with E-state index in [0.29, 0.717) is 0 Å². The highest BCUT2D eigenvalue weighted by Crippen LogP contribution is 1.61. The molecular weight excluding hydrogens is 160 g/mol. The quantitative estimate of drug-likeness (QED) is 0.586. The van der Waals surface area contributed by atoms with Gasteiger partial charge in [0.1, 0.15) is 0 Å². The van der Waals surface area contributed by atoms with Crippen molar-refractivity contribution in [3.8, 4) is 0 Å². The zero-order chi connectivity index (χ0) is 9.40. The first-order valence-corrected chi connectivity index (χ1v) is 3.09. The van der Waals surface area contributed by atoms with E-state index in [-0.39, 0.29) is 5.56 Å². The molecule has 64 valence electrons. The van der Waals surface area contributed by atoms with Gasteiger partial charge in [0.25, 0.3) is 11.5 Å². The number of carbonyl (C=O) groups is 1. The molecule has 0 aliphatic rings. The van der Waals surface area contributed by atoms with Crippen LogP contribution in [0.15, 0.2) is 29.5 Å². The Bertz CT molecular complexity index is 275. The molecule has 0 aromatic carbocycles. The van der Waals surface area contributed by atoms with Crippen molar-refractivity contribution >= 4 is 5.97 Å². The Labute approximate surface area is 68.7 Å². The fourth-order valence-corrected chi connectivity index (χ4v) is 0.345. The summed E-state index contributed by atoms with van der Waals surface area (Å²) in [5.74, 6) is -0.833. The molecule has 0 unspecified atom stereocenters. The molecule has 0 atom stereocenters. The fourth-order valence-electron chi connectivity index (χ4n) is 0.345. The zero-order valence-corrected chi connectivity index (χ0v) is 6.47. The second kappa shape index (κ2) is 5.96. The molecular formula is C7H8N2O3. The van der Waals surface area contributed by atoms with Crippen LogP contribution in [0.2, 0.25) is 0 Å². The van der Waals surface area contributed by atoms with Crippen LogP contribution in [-0.2, 0) is 4.79 Å². The van der Waals surface area contributed by atoms with Gasteiger partial charge in [-0.1, -0.05) is 0 Å². The largest absolute Gasteiger partial charge is 0.481 e. The molecule has 1 aromatic heterocycles. The van der Waals surface area contributed by atoms with Gasteiger partial charge >= 0.3 is 0 Å². The number of carboxylic acid groups (broad SMARTS) is 1. The molecule has 0 amide bonds. The fraction of sp³-hybridized carbons (Fsp3) is 0.143. The van der Waals surface area contributed by atoms with Gasteiger partial charge in [-0.2, -0.15) is 0 Å². The molecule has 1 N–H and O–H groups in total. The van der Waals surface area contributed by atoms with Crippen LogP contribution in [-0.4, -0.2) is 21.0 Å².